The first-order valence-electron chi connectivity index (χ1n) is 6.13. The lowest BCUT2D eigenvalue weighted by molar-refractivity contribution is -0.142. The number of methoxy groups -OCH3 is 1. The Morgan fingerprint density at radius 2 is 1.95 bits per heavy atom. The largest absolute Gasteiger partial charge is 0.469 e. The van der Waals surface area contributed by atoms with Gasteiger partial charge in [0.05, 0.1) is 24.6 Å². The number of carbonyl (C=O) groups excluding carboxylic acids is 2. The summed E-state index contributed by atoms with van der Waals surface area (Å²) in [5.41, 5.74) is 2.01. The van der Waals surface area contributed by atoms with Gasteiger partial charge in [0, 0.05) is 13.0 Å². The van der Waals surface area contributed by atoms with Crippen molar-refractivity contribution in [3.8, 4) is 0 Å². The van der Waals surface area contributed by atoms with Crippen molar-refractivity contribution in [3.63, 3.8) is 0 Å². The number of hydrogen-bond acceptors (Lipinski definition) is 4. The number of nitrogens with one attached hydrogen (secondary N) is 3. The molecular weight excluding hydrogens is 262 g/mol. The number of fused-ring (bicyclic) bond motifs is 1. The molecule has 0 radical (unpaired) electrons. The Bertz CT molecular complexity index is 686. The molecule has 0 bridgehead atoms. The summed E-state index contributed by atoms with van der Waals surface area (Å²) in [6, 6.07) is 5.36. The van der Waals surface area contributed by atoms with Gasteiger partial charge in [0.2, 0.25) is 5.91 Å². The molecule has 20 heavy (non-hydrogen) atoms. The van der Waals surface area contributed by atoms with Gasteiger partial charge in [-0.1, -0.05) is 6.07 Å². The Balaban J connectivity index is 1.90. The summed E-state index contributed by atoms with van der Waals surface area (Å²) in [4.78, 5) is 38.8. The number of benzene rings is 1. The van der Waals surface area contributed by atoms with Crippen LogP contribution in [0.25, 0.3) is 11.0 Å². The first kappa shape index (κ1) is 13.9. The number of aromatic nitrogens is 2. The topological polar surface area (TPSA) is 104 Å². The maximum atomic E-state index is 11.5. The van der Waals surface area contributed by atoms with Gasteiger partial charge in [-0.3, -0.25) is 9.59 Å². The molecule has 7 nitrogen and oxygen atoms in total. The van der Waals surface area contributed by atoms with Crippen LogP contribution in [-0.4, -0.2) is 29.0 Å². The monoisotopic (exact) mass is 277 g/mol. The van der Waals surface area contributed by atoms with Crippen LogP contribution in [0.2, 0.25) is 0 Å². The van der Waals surface area contributed by atoms with E-state index < -0.39 is 5.97 Å². The third kappa shape index (κ3) is 3.47. The summed E-state index contributed by atoms with van der Waals surface area (Å²) in [5.74, 6) is -0.635. The van der Waals surface area contributed by atoms with Gasteiger partial charge in [0.15, 0.2) is 0 Å². The smallest absolute Gasteiger partial charge is 0.323 e. The zero-order valence-corrected chi connectivity index (χ0v) is 11.0. The van der Waals surface area contributed by atoms with Gasteiger partial charge in [0.25, 0.3) is 0 Å². The lowest BCUT2D eigenvalue weighted by Crippen LogP contribution is -2.23. The van der Waals surface area contributed by atoms with E-state index in [2.05, 4.69) is 20.0 Å². The SMILES string of the molecule is COC(=O)CCC(=O)NCc1ccc2[nH]c(=O)[nH]c2c1. The van der Waals surface area contributed by atoms with Crippen LogP contribution in [0.5, 0.6) is 0 Å². The summed E-state index contributed by atoms with van der Waals surface area (Å²) in [5, 5.41) is 2.70. The van der Waals surface area contributed by atoms with Crippen LogP contribution in [0.3, 0.4) is 0 Å². The van der Waals surface area contributed by atoms with Gasteiger partial charge >= 0.3 is 11.7 Å². The number of imidazole rings is 1. The standard InChI is InChI=1S/C13H15N3O4/c1-20-12(18)5-4-11(17)14-7-8-2-3-9-10(6-8)16-13(19)15-9/h2-3,6H,4-5,7H2,1H3,(H,14,17)(H2,15,16,19). The van der Waals surface area contributed by atoms with Crippen molar-refractivity contribution in [1.29, 1.82) is 0 Å². The molecular formula is C13H15N3O4. The molecule has 106 valence electrons. The molecule has 1 aromatic carbocycles. The molecule has 0 saturated carbocycles. The molecule has 7 heteroatoms. The van der Waals surface area contributed by atoms with Crippen LogP contribution < -0.4 is 11.0 Å². The molecule has 3 N–H and O–H groups in total. The number of aromatic amines is 2. The highest BCUT2D eigenvalue weighted by Crippen LogP contribution is 2.09. The van der Waals surface area contributed by atoms with Crippen LogP contribution in [0.4, 0.5) is 0 Å². The lowest BCUT2D eigenvalue weighted by Gasteiger charge is -2.05. The fraction of sp³-hybridized carbons (Fsp3) is 0.308. The Morgan fingerprint density at radius 3 is 2.70 bits per heavy atom. The number of esters is 1. The molecule has 1 aromatic heterocycles. The van der Waals surface area contributed by atoms with Crippen LogP contribution in [-0.2, 0) is 20.9 Å². The first-order valence-corrected chi connectivity index (χ1v) is 6.13. The molecule has 0 aliphatic carbocycles. The molecule has 2 aromatic rings. The third-order valence-corrected chi connectivity index (χ3v) is 2.85. The maximum absolute atomic E-state index is 11.5. The molecule has 0 unspecified atom stereocenters. The van der Waals surface area contributed by atoms with Crippen molar-refractivity contribution < 1.29 is 14.3 Å². The van der Waals surface area contributed by atoms with Gasteiger partial charge in [-0.05, 0) is 17.7 Å². The number of carbonyl (C=O) groups is 2. The van der Waals surface area contributed by atoms with Crippen molar-refractivity contribution in [2.75, 3.05) is 7.11 Å². The van der Waals surface area contributed by atoms with E-state index >= 15 is 0 Å². The van der Waals surface area contributed by atoms with E-state index in [1.165, 1.54) is 7.11 Å². The van der Waals surface area contributed by atoms with Crippen LogP contribution in [0.1, 0.15) is 18.4 Å². The van der Waals surface area contributed by atoms with E-state index in [1.807, 2.05) is 6.07 Å². The van der Waals surface area contributed by atoms with Gasteiger partial charge in [-0.2, -0.15) is 0 Å². The molecule has 1 heterocycles. The van der Waals surface area contributed by atoms with E-state index in [9.17, 15) is 14.4 Å². The van der Waals surface area contributed by atoms with E-state index in [1.54, 1.807) is 12.1 Å². The second-order valence-corrected chi connectivity index (χ2v) is 4.31. The second-order valence-electron chi connectivity index (χ2n) is 4.31. The highest BCUT2D eigenvalue weighted by Gasteiger charge is 2.07. The Hall–Kier alpha value is -2.57. The minimum absolute atomic E-state index is 0.0620. The normalized spacial score (nSPS) is 10.4. The number of H-pyrrole nitrogens is 2. The van der Waals surface area contributed by atoms with Crippen LogP contribution >= 0.6 is 0 Å². The highest BCUT2D eigenvalue weighted by atomic mass is 16.5. The fourth-order valence-corrected chi connectivity index (χ4v) is 1.80. The van der Waals surface area contributed by atoms with E-state index in [0.29, 0.717) is 12.1 Å². The van der Waals surface area contributed by atoms with Crippen molar-refractivity contribution in [2.24, 2.45) is 0 Å². The Kier molecular flexibility index (Phi) is 4.19. The molecule has 0 fully saturated rings. The number of ether oxygens (including phenoxy) is 1. The van der Waals surface area contributed by atoms with Crippen molar-refractivity contribution in [1.82, 2.24) is 15.3 Å². The van der Waals surface area contributed by atoms with Gasteiger partial charge < -0.3 is 20.0 Å². The predicted octanol–water partition coefficient (Wildman–Crippen LogP) is 0.426. The zero-order chi connectivity index (χ0) is 14.5. The van der Waals surface area contributed by atoms with E-state index in [0.717, 1.165) is 11.1 Å². The van der Waals surface area contributed by atoms with E-state index in [4.69, 9.17) is 0 Å². The molecule has 1 amide bonds. The zero-order valence-electron chi connectivity index (χ0n) is 11.0. The molecule has 0 saturated heterocycles. The lowest BCUT2D eigenvalue weighted by atomic mass is 10.2. The number of rotatable bonds is 5. The average molecular weight is 277 g/mol. The van der Waals surface area contributed by atoms with Crippen molar-refractivity contribution in [3.05, 3.63) is 34.2 Å². The maximum Gasteiger partial charge on any atom is 0.323 e. The van der Waals surface area contributed by atoms with E-state index in [-0.39, 0.29) is 24.4 Å². The second kappa shape index (κ2) is 6.05. The minimum atomic E-state index is -0.411. The summed E-state index contributed by atoms with van der Waals surface area (Å²) in [6.07, 6.45) is 0.155. The third-order valence-electron chi connectivity index (χ3n) is 2.85. The van der Waals surface area contributed by atoms with Crippen LogP contribution in [0, 0.1) is 0 Å². The van der Waals surface area contributed by atoms with Crippen molar-refractivity contribution >= 4 is 22.9 Å². The quantitative estimate of drug-likeness (QED) is 0.689. The van der Waals surface area contributed by atoms with Gasteiger partial charge in [-0.25, -0.2) is 4.79 Å². The van der Waals surface area contributed by atoms with Crippen LogP contribution in [0.15, 0.2) is 23.0 Å². The summed E-state index contributed by atoms with van der Waals surface area (Å²) in [6.45, 7) is 0.336. The van der Waals surface area contributed by atoms with Gasteiger partial charge in [0.1, 0.15) is 0 Å². The number of amides is 1. The molecule has 0 atom stereocenters. The minimum Gasteiger partial charge on any atom is -0.469 e. The highest BCUT2D eigenvalue weighted by molar-refractivity contribution is 5.81. The average Bonchev–Trinajstić information content (AvgIpc) is 2.81. The van der Waals surface area contributed by atoms with Gasteiger partial charge in [-0.15, -0.1) is 0 Å². The first-order chi connectivity index (χ1) is 9.58. The predicted molar refractivity (Wildman–Crippen MR) is 72.0 cm³/mol. The summed E-state index contributed by atoms with van der Waals surface area (Å²) in [7, 11) is 1.28. The Labute approximate surface area is 114 Å². The van der Waals surface area contributed by atoms with Crippen molar-refractivity contribution in [2.45, 2.75) is 19.4 Å². The molecule has 0 aliphatic rings. The molecule has 0 aliphatic heterocycles. The summed E-state index contributed by atoms with van der Waals surface area (Å²) < 4.78 is 4.46. The number of hydrogen-bond donors (Lipinski definition) is 3. The Morgan fingerprint density at radius 1 is 1.20 bits per heavy atom. The fourth-order valence-electron chi connectivity index (χ4n) is 1.80. The molecule has 2 rings (SSSR count). The molecule has 0 spiro atoms. The summed E-state index contributed by atoms with van der Waals surface area (Å²) >= 11 is 0.